The fraction of sp³-hybridized carbons (Fsp3) is 0.765. The summed E-state index contributed by atoms with van der Waals surface area (Å²) in [6.07, 6.45) is -1.47. The Kier molecular flexibility index (Phi) is 13.0. The van der Waals surface area contributed by atoms with Crippen LogP contribution in [-0.4, -0.2) is 67.1 Å². The molecule has 0 heterocycles. The zero-order valence-electron chi connectivity index (χ0n) is 15.9. The SMILES string of the molecule is CC(=O)OCCC(OC(C)=O)C(OC(C)=O)C(N)C(O)OCCCCC=O. The highest BCUT2D eigenvalue weighted by Gasteiger charge is 2.37. The molecule has 4 atom stereocenters. The monoisotopic (exact) mass is 391 g/mol. The predicted molar refractivity (Wildman–Crippen MR) is 92.2 cm³/mol. The predicted octanol–water partition coefficient (Wildman–Crippen LogP) is -0.165. The quantitative estimate of drug-likeness (QED) is 0.134. The van der Waals surface area contributed by atoms with Crippen LogP contribution in [0, 0.1) is 0 Å². The fourth-order valence-electron chi connectivity index (χ4n) is 2.22. The topological polar surface area (TPSA) is 151 Å². The lowest BCUT2D eigenvalue weighted by Crippen LogP contribution is -2.54. The lowest BCUT2D eigenvalue weighted by molar-refractivity contribution is -0.185. The summed E-state index contributed by atoms with van der Waals surface area (Å²) in [6.45, 7) is 3.57. The second-order valence-corrected chi connectivity index (χ2v) is 5.85. The first-order valence-electron chi connectivity index (χ1n) is 8.65. The maximum Gasteiger partial charge on any atom is 0.303 e. The summed E-state index contributed by atoms with van der Waals surface area (Å²) in [6, 6.07) is -1.22. The van der Waals surface area contributed by atoms with E-state index in [1.165, 1.54) is 6.92 Å². The van der Waals surface area contributed by atoms with Crippen LogP contribution in [0.1, 0.15) is 46.5 Å². The highest BCUT2D eigenvalue weighted by molar-refractivity contribution is 5.67. The molecule has 0 aromatic carbocycles. The van der Waals surface area contributed by atoms with Gasteiger partial charge in [-0.1, -0.05) is 0 Å². The number of aldehydes is 1. The number of rotatable bonds is 14. The highest BCUT2D eigenvalue weighted by atomic mass is 16.6. The molecule has 0 aromatic heterocycles. The molecular weight excluding hydrogens is 362 g/mol. The largest absolute Gasteiger partial charge is 0.466 e. The zero-order valence-corrected chi connectivity index (χ0v) is 15.9. The number of carbonyl (C=O) groups excluding carboxylic acids is 4. The summed E-state index contributed by atoms with van der Waals surface area (Å²) in [7, 11) is 0. The Balaban J connectivity index is 5.00. The third-order valence-electron chi connectivity index (χ3n) is 3.41. The smallest absolute Gasteiger partial charge is 0.303 e. The van der Waals surface area contributed by atoms with Crippen molar-refractivity contribution in [1.29, 1.82) is 0 Å². The van der Waals surface area contributed by atoms with Gasteiger partial charge in [-0.05, 0) is 12.8 Å². The Labute approximate surface area is 158 Å². The van der Waals surface area contributed by atoms with E-state index in [1.54, 1.807) is 0 Å². The van der Waals surface area contributed by atoms with Crippen molar-refractivity contribution in [3.05, 3.63) is 0 Å². The number of carbonyl (C=O) groups is 4. The average molecular weight is 391 g/mol. The average Bonchev–Trinajstić information content (AvgIpc) is 2.57. The Bertz CT molecular complexity index is 483. The van der Waals surface area contributed by atoms with Crippen LogP contribution in [0.5, 0.6) is 0 Å². The van der Waals surface area contributed by atoms with Gasteiger partial charge in [0.2, 0.25) is 0 Å². The number of esters is 3. The van der Waals surface area contributed by atoms with E-state index >= 15 is 0 Å². The Morgan fingerprint density at radius 3 is 2.15 bits per heavy atom. The minimum absolute atomic E-state index is 0.0108. The summed E-state index contributed by atoms with van der Waals surface area (Å²) < 4.78 is 20.3. The van der Waals surface area contributed by atoms with Gasteiger partial charge in [0.15, 0.2) is 12.4 Å². The van der Waals surface area contributed by atoms with E-state index in [9.17, 15) is 24.3 Å². The van der Waals surface area contributed by atoms with Gasteiger partial charge in [-0.25, -0.2) is 0 Å². The first-order chi connectivity index (χ1) is 12.7. The molecule has 0 saturated heterocycles. The number of ether oxygens (including phenoxy) is 4. The summed E-state index contributed by atoms with van der Waals surface area (Å²) in [5.41, 5.74) is 5.95. The van der Waals surface area contributed by atoms with E-state index in [0.29, 0.717) is 19.3 Å². The van der Waals surface area contributed by atoms with E-state index in [0.717, 1.165) is 20.1 Å². The maximum absolute atomic E-state index is 11.4. The molecule has 27 heavy (non-hydrogen) atoms. The molecule has 4 unspecified atom stereocenters. The van der Waals surface area contributed by atoms with Gasteiger partial charge in [0, 0.05) is 40.2 Å². The first-order valence-corrected chi connectivity index (χ1v) is 8.65. The lowest BCUT2D eigenvalue weighted by atomic mass is 10.0. The van der Waals surface area contributed by atoms with Gasteiger partial charge in [0.05, 0.1) is 12.6 Å². The number of unbranched alkanes of at least 4 members (excludes halogenated alkanes) is 2. The molecule has 0 rings (SSSR count). The minimum atomic E-state index is -1.50. The molecule has 0 aliphatic rings. The van der Waals surface area contributed by atoms with E-state index in [-0.39, 0.29) is 19.6 Å². The van der Waals surface area contributed by atoms with Crippen LogP contribution in [0.15, 0.2) is 0 Å². The van der Waals surface area contributed by atoms with Gasteiger partial charge < -0.3 is 34.6 Å². The standard InChI is InChI=1S/C17H29NO9/c1-11(20)24-10-7-14(26-12(2)21)16(27-13(3)22)15(18)17(23)25-9-6-4-5-8-19/h8,14-17,23H,4-7,9-10,18H2,1-3H3. The normalized spacial score (nSPS) is 15.1. The molecule has 0 spiro atoms. The van der Waals surface area contributed by atoms with Gasteiger partial charge >= 0.3 is 17.9 Å². The highest BCUT2D eigenvalue weighted by Crippen LogP contribution is 2.16. The van der Waals surface area contributed by atoms with Crippen LogP contribution in [0.4, 0.5) is 0 Å². The molecule has 0 saturated carbocycles. The van der Waals surface area contributed by atoms with E-state index in [2.05, 4.69) is 0 Å². The van der Waals surface area contributed by atoms with Gasteiger partial charge in [0.1, 0.15) is 12.4 Å². The van der Waals surface area contributed by atoms with Crippen LogP contribution in [0.25, 0.3) is 0 Å². The molecular formula is C17H29NO9. The van der Waals surface area contributed by atoms with Gasteiger partial charge in [-0.2, -0.15) is 0 Å². The molecule has 156 valence electrons. The Hall–Kier alpha value is -2.04. The van der Waals surface area contributed by atoms with Crippen LogP contribution >= 0.6 is 0 Å². The zero-order chi connectivity index (χ0) is 20.8. The van der Waals surface area contributed by atoms with Gasteiger partial charge in [0.25, 0.3) is 0 Å². The third-order valence-corrected chi connectivity index (χ3v) is 3.41. The third kappa shape index (κ3) is 12.1. The molecule has 3 N–H and O–H groups in total. The van der Waals surface area contributed by atoms with Gasteiger partial charge in [-0.3, -0.25) is 14.4 Å². The summed E-state index contributed by atoms with van der Waals surface area (Å²) in [5.74, 6) is -1.88. The maximum atomic E-state index is 11.4. The second-order valence-electron chi connectivity index (χ2n) is 5.85. The van der Waals surface area contributed by atoms with E-state index in [1.807, 2.05) is 0 Å². The molecule has 0 bridgehead atoms. The van der Waals surface area contributed by atoms with Crippen LogP contribution in [-0.2, 0) is 38.1 Å². The van der Waals surface area contributed by atoms with Crippen molar-refractivity contribution >= 4 is 24.2 Å². The molecule has 0 radical (unpaired) electrons. The van der Waals surface area contributed by atoms with Crippen LogP contribution < -0.4 is 5.73 Å². The van der Waals surface area contributed by atoms with Crippen molar-refractivity contribution < 1.29 is 43.2 Å². The van der Waals surface area contributed by atoms with Crippen molar-refractivity contribution in [2.24, 2.45) is 5.73 Å². The molecule has 10 nitrogen and oxygen atoms in total. The molecule has 0 aliphatic carbocycles. The molecule has 10 heteroatoms. The van der Waals surface area contributed by atoms with Crippen LogP contribution in [0.3, 0.4) is 0 Å². The summed E-state index contributed by atoms with van der Waals surface area (Å²) in [5, 5.41) is 10.1. The van der Waals surface area contributed by atoms with Crippen molar-refractivity contribution in [1.82, 2.24) is 0 Å². The number of nitrogens with two attached hydrogens (primary N) is 1. The number of hydrogen-bond acceptors (Lipinski definition) is 10. The minimum Gasteiger partial charge on any atom is -0.466 e. The summed E-state index contributed by atoms with van der Waals surface area (Å²) in [4.78, 5) is 44.0. The number of hydrogen-bond donors (Lipinski definition) is 2. The van der Waals surface area contributed by atoms with E-state index in [4.69, 9.17) is 24.7 Å². The molecule has 0 aliphatic heterocycles. The fourth-order valence-corrected chi connectivity index (χ4v) is 2.22. The first kappa shape index (κ1) is 25.0. The van der Waals surface area contributed by atoms with Gasteiger partial charge in [-0.15, -0.1) is 0 Å². The Morgan fingerprint density at radius 2 is 1.63 bits per heavy atom. The van der Waals surface area contributed by atoms with Crippen molar-refractivity contribution in [3.8, 4) is 0 Å². The summed E-state index contributed by atoms with van der Waals surface area (Å²) >= 11 is 0. The molecule has 0 amide bonds. The van der Waals surface area contributed by atoms with E-state index < -0.39 is 42.4 Å². The number of aliphatic hydroxyl groups excluding tert-OH is 1. The molecule has 0 fully saturated rings. The van der Waals surface area contributed by atoms with Crippen molar-refractivity contribution in [3.63, 3.8) is 0 Å². The van der Waals surface area contributed by atoms with Crippen LogP contribution in [0.2, 0.25) is 0 Å². The van der Waals surface area contributed by atoms with Crippen molar-refractivity contribution in [2.45, 2.75) is 71.0 Å². The number of aliphatic hydroxyl groups is 1. The Morgan fingerprint density at radius 1 is 1.00 bits per heavy atom. The van der Waals surface area contributed by atoms with Crippen molar-refractivity contribution in [2.75, 3.05) is 13.2 Å². The molecule has 0 aromatic rings. The lowest BCUT2D eigenvalue weighted by Gasteiger charge is -2.32. The second kappa shape index (κ2) is 14.1.